The van der Waals surface area contributed by atoms with Crippen LogP contribution in [0.3, 0.4) is 0 Å². The number of hydrogen-bond donors (Lipinski definition) is 1. The van der Waals surface area contributed by atoms with E-state index in [1.807, 2.05) is 42.2 Å². The van der Waals surface area contributed by atoms with E-state index in [2.05, 4.69) is 15.9 Å². The number of nitrogens with two attached hydrogens (primary N) is 1. The molecule has 1 saturated heterocycles. The molecule has 1 fully saturated rings. The van der Waals surface area contributed by atoms with Crippen LogP contribution < -0.4 is 10.6 Å². The average molecular weight is 407 g/mol. The second-order valence-electron chi connectivity index (χ2n) is 6.43. The lowest BCUT2D eigenvalue weighted by Crippen LogP contribution is -2.37. The second-order valence-corrected chi connectivity index (χ2v) is 7.52. The maximum Gasteiger partial charge on any atom is 0.235 e. The van der Waals surface area contributed by atoms with Crippen LogP contribution in [0.5, 0.6) is 0 Å². The molecule has 2 aromatic rings. The Labute approximate surface area is 174 Å². The lowest BCUT2D eigenvalue weighted by Gasteiger charge is -2.30. The Hall–Kier alpha value is -3.07. The quantitative estimate of drug-likeness (QED) is 0.583. The molecule has 3 rings (SSSR count). The van der Waals surface area contributed by atoms with Crippen molar-refractivity contribution in [1.29, 1.82) is 5.26 Å². The molecule has 148 valence electrons. The normalized spacial score (nSPS) is 14.7. The molecule has 7 nitrogen and oxygen atoms in total. The van der Waals surface area contributed by atoms with Gasteiger partial charge >= 0.3 is 0 Å². The Bertz CT molecular complexity index is 975. The summed E-state index contributed by atoms with van der Waals surface area (Å²) >= 11 is 1.16. The number of amides is 1. The molecule has 0 radical (unpaired) electrons. The number of nitrogens with zero attached hydrogens (tertiary/aromatic N) is 4. The molecule has 1 aliphatic rings. The Morgan fingerprint density at radius 2 is 2.10 bits per heavy atom. The molecule has 0 bridgehead atoms. The second kappa shape index (κ2) is 9.42. The molecule has 29 heavy (non-hydrogen) atoms. The third-order valence-corrected chi connectivity index (χ3v) is 5.96. The molecule has 1 aliphatic heterocycles. The summed E-state index contributed by atoms with van der Waals surface area (Å²) in [4.78, 5) is 22.6. The van der Waals surface area contributed by atoms with E-state index >= 15 is 0 Å². The molecule has 1 atom stereocenters. The number of thioether (sulfide) groups is 1. The number of rotatable bonds is 6. The van der Waals surface area contributed by atoms with E-state index in [-0.39, 0.29) is 0 Å². The van der Waals surface area contributed by atoms with Crippen LogP contribution in [-0.2, 0) is 16.0 Å². The zero-order valence-electron chi connectivity index (χ0n) is 16.1. The molecule has 0 spiro atoms. The highest BCUT2D eigenvalue weighted by atomic mass is 32.2. The number of anilines is 1. The van der Waals surface area contributed by atoms with Gasteiger partial charge in [-0.1, -0.05) is 49.0 Å². The summed E-state index contributed by atoms with van der Waals surface area (Å²) in [6.45, 7) is 11.9. The lowest BCUT2D eigenvalue weighted by molar-refractivity contribution is -0.117. The molecule has 1 amide bonds. The Kier molecular flexibility index (Phi) is 6.71. The number of primary amides is 1. The van der Waals surface area contributed by atoms with Crippen LogP contribution in [0.1, 0.15) is 28.9 Å². The van der Waals surface area contributed by atoms with Crippen molar-refractivity contribution >= 4 is 29.2 Å². The van der Waals surface area contributed by atoms with Crippen molar-refractivity contribution in [2.24, 2.45) is 5.73 Å². The summed E-state index contributed by atoms with van der Waals surface area (Å²) in [6, 6.07) is 11.4. The summed E-state index contributed by atoms with van der Waals surface area (Å²) in [6.07, 6.45) is 0.514. The first-order valence-electron chi connectivity index (χ1n) is 9.28. The molecule has 0 saturated carbocycles. The van der Waals surface area contributed by atoms with E-state index in [4.69, 9.17) is 17.0 Å². The van der Waals surface area contributed by atoms with Crippen molar-refractivity contribution in [2.45, 2.75) is 23.6 Å². The fraction of sp³-hybridized carbons (Fsp3) is 0.333. The van der Waals surface area contributed by atoms with Gasteiger partial charge in [-0.15, -0.1) is 0 Å². The number of aromatic nitrogens is 1. The first kappa shape index (κ1) is 20.7. The van der Waals surface area contributed by atoms with Crippen molar-refractivity contribution in [3.63, 3.8) is 0 Å². The molecule has 0 aliphatic carbocycles. The van der Waals surface area contributed by atoms with Gasteiger partial charge in [0.2, 0.25) is 11.6 Å². The standard InChI is InChI=1S/C21H21N5O2S/c1-3-15-16(13-22)21(29-18(19(23)27)14-7-5-4-6-8-14)25-20(17(15)24-2)26-9-11-28-12-10-26/h4-8,18H,3,9-12H2,1H3,(H2,23,27). The number of carbonyl (C=O) groups is 1. The SMILES string of the molecule is [C-]#[N+]c1c(N2CCOCC2)nc(SC(C(N)=O)c2ccccc2)c(C#N)c1CC. The summed E-state index contributed by atoms with van der Waals surface area (Å²) in [5, 5.41) is 9.56. The fourth-order valence-electron chi connectivity index (χ4n) is 3.28. The van der Waals surface area contributed by atoms with Crippen molar-refractivity contribution < 1.29 is 9.53 Å². The molecule has 8 heteroatoms. The molecule has 2 heterocycles. The zero-order chi connectivity index (χ0) is 20.8. The number of ether oxygens (including phenoxy) is 1. The number of carbonyl (C=O) groups excluding carboxylic acids is 1. The summed E-state index contributed by atoms with van der Waals surface area (Å²) < 4.78 is 5.41. The van der Waals surface area contributed by atoms with Gasteiger partial charge in [0.1, 0.15) is 22.2 Å². The van der Waals surface area contributed by atoms with Crippen LogP contribution in [0.15, 0.2) is 35.4 Å². The van der Waals surface area contributed by atoms with Gasteiger partial charge in [-0.2, -0.15) is 5.26 Å². The number of benzene rings is 1. The monoisotopic (exact) mass is 407 g/mol. The van der Waals surface area contributed by atoms with Gasteiger partial charge < -0.3 is 15.4 Å². The number of nitriles is 1. The predicted octanol–water partition coefficient (Wildman–Crippen LogP) is 3.22. The minimum Gasteiger partial charge on any atom is -0.378 e. The average Bonchev–Trinajstić information content (AvgIpc) is 2.77. The highest BCUT2D eigenvalue weighted by Crippen LogP contribution is 2.42. The number of pyridine rings is 1. The molecule has 2 N–H and O–H groups in total. The van der Waals surface area contributed by atoms with Crippen molar-refractivity contribution in [1.82, 2.24) is 4.98 Å². The Balaban J connectivity index is 2.13. The van der Waals surface area contributed by atoms with Crippen molar-refractivity contribution in [3.05, 3.63) is 58.4 Å². The largest absolute Gasteiger partial charge is 0.378 e. The van der Waals surface area contributed by atoms with Crippen LogP contribution in [0.25, 0.3) is 4.85 Å². The molecular weight excluding hydrogens is 386 g/mol. The van der Waals surface area contributed by atoms with Gasteiger partial charge in [0.15, 0.2) is 0 Å². The van der Waals surface area contributed by atoms with Gasteiger partial charge in [0, 0.05) is 13.1 Å². The van der Waals surface area contributed by atoms with E-state index in [1.54, 1.807) is 0 Å². The smallest absolute Gasteiger partial charge is 0.235 e. The summed E-state index contributed by atoms with van der Waals surface area (Å²) in [7, 11) is 0. The molecule has 1 aromatic heterocycles. The topological polar surface area (TPSA) is 96.6 Å². The number of morpholine rings is 1. The minimum atomic E-state index is -0.683. The van der Waals surface area contributed by atoms with Gasteiger partial charge in [-0.05, 0) is 17.5 Å². The summed E-state index contributed by atoms with van der Waals surface area (Å²) in [5.74, 6) is 0.0325. The van der Waals surface area contributed by atoms with Gasteiger partial charge in [-0.25, -0.2) is 9.83 Å². The van der Waals surface area contributed by atoms with Gasteiger partial charge in [-0.3, -0.25) is 4.79 Å². The zero-order valence-corrected chi connectivity index (χ0v) is 16.9. The highest BCUT2D eigenvalue weighted by Gasteiger charge is 2.27. The van der Waals surface area contributed by atoms with E-state index in [9.17, 15) is 10.1 Å². The first-order chi connectivity index (χ1) is 14.1. The third-order valence-electron chi connectivity index (χ3n) is 4.70. The van der Waals surface area contributed by atoms with Crippen LogP contribution in [0.2, 0.25) is 0 Å². The van der Waals surface area contributed by atoms with E-state index < -0.39 is 11.2 Å². The first-order valence-corrected chi connectivity index (χ1v) is 10.2. The maximum atomic E-state index is 12.2. The predicted molar refractivity (Wildman–Crippen MR) is 112 cm³/mol. The van der Waals surface area contributed by atoms with Crippen molar-refractivity contribution in [3.8, 4) is 6.07 Å². The van der Waals surface area contributed by atoms with E-state index in [0.717, 1.165) is 17.3 Å². The Morgan fingerprint density at radius 1 is 1.41 bits per heavy atom. The number of hydrogen-bond acceptors (Lipinski definition) is 6. The fourth-order valence-corrected chi connectivity index (χ4v) is 4.33. The lowest BCUT2D eigenvalue weighted by atomic mass is 10.1. The Morgan fingerprint density at radius 3 is 2.66 bits per heavy atom. The van der Waals surface area contributed by atoms with Crippen LogP contribution in [0.4, 0.5) is 11.5 Å². The van der Waals surface area contributed by atoms with Gasteiger partial charge in [0.05, 0.1) is 25.3 Å². The molecule has 1 unspecified atom stereocenters. The van der Waals surface area contributed by atoms with Crippen LogP contribution in [-0.4, -0.2) is 37.2 Å². The highest BCUT2D eigenvalue weighted by molar-refractivity contribution is 8.00. The van der Waals surface area contributed by atoms with Crippen LogP contribution >= 0.6 is 11.8 Å². The molecular formula is C21H21N5O2S. The summed E-state index contributed by atoms with van der Waals surface area (Å²) in [5.41, 5.74) is 7.80. The molecule has 1 aromatic carbocycles. The van der Waals surface area contributed by atoms with E-state index in [1.165, 1.54) is 0 Å². The van der Waals surface area contributed by atoms with Gasteiger partial charge in [0.25, 0.3) is 0 Å². The third kappa shape index (κ3) is 4.34. The van der Waals surface area contributed by atoms with Crippen LogP contribution in [0, 0.1) is 17.9 Å². The maximum absolute atomic E-state index is 12.2. The van der Waals surface area contributed by atoms with Crippen molar-refractivity contribution in [2.75, 3.05) is 31.2 Å². The minimum absolute atomic E-state index is 0.336. The van der Waals surface area contributed by atoms with E-state index in [0.29, 0.717) is 60.4 Å².